The Labute approximate surface area is 227 Å². The van der Waals surface area contributed by atoms with Crippen LogP contribution in [0.25, 0.3) is 11.0 Å². The Bertz CT molecular complexity index is 1330. The third-order valence-corrected chi connectivity index (χ3v) is 9.49. The van der Waals surface area contributed by atoms with Gasteiger partial charge in [-0.1, -0.05) is 43.0 Å². The highest BCUT2D eigenvalue weighted by atomic mass is 16.6. The second-order valence-corrected chi connectivity index (χ2v) is 11.9. The van der Waals surface area contributed by atoms with Gasteiger partial charge in [-0.05, 0) is 68.9 Å². The van der Waals surface area contributed by atoms with Crippen LogP contribution in [0.5, 0.6) is 0 Å². The summed E-state index contributed by atoms with van der Waals surface area (Å²) in [6.07, 6.45) is 13.5. The number of hydrogen-bond donors (Lipinski definition) is 2. The molecule has 0 spiro atoms. The monoisotopic (exact) mass is 535 g/mol. The van der Waals surface area contributed by atoms with E-state index >= 15 is 0 Å². The predicted octanol–water partition coefficient (Wildman–Crippen LogP) is 3.21. The number of primary amides is 1. The Hall–Kier alpha value is -3.27. The minimum absolute atomic E-state index is 0.0645. The van der Waals surface area contributed by atoms with Crippen molar-refractivity contribution in [1.82, 2.24) is 14.5 Å². The maximum Gasteiger partial charge on any atom is 0.360 e. The number of amides is 1. The van der Waals surface area contributed by atoms with Crippen LogP contribution in [0.15, 0.2) is 34.2 Å². The summed E-state index contributed by atoms with van der Waals surface area (Å²) in [6, 6.07) is 8.74. The van der Waals surface area contributed by atoms with Crippen LogP contribution in [0.1, 0.15) is 82.4 Å². The van der Waals surface area contributed by atoms with E-state index < -0.39 is 29.8 Å². The molecule has 4 atom stereocenters. The third-order valence-electron chi connectivity index (χ3n) is 9.49. The van der Waals surface area contributed by atoms with Crippen LogP contribution in [0, 0.1) is 11.8 Å². The summed E-state index contributed by atoms with van der Waals surface area (Å²) >= 11 is 0. The number of piperidine rings is 1. The summed E-state index contributed by atoms with van der Waals surface area (Å²) in [5, 5.41) is 13.4. The van der Waals surface area contributed by atoms with Gasteiger partial charge in [-0.2, -0.15) is 0 Å². The SMILES string of the molecule is NC(=O)CO/N=C(\C(=O)O)c1nc2ccccc2n(C2CC3CCC(C2)N3C2CC3CCCCC(C3)C2)c1=O. The van der Waals surface area contributed by atoms with Crippen LogP contribution in [-0.2, 0) is 14.4 Å². The standard InChI is InChI=1S/C29H37N5O5/c30-25(35)16-39-32-27(29(37)38)26-28(36)34(24-8-4-3-7-23(24)31-26)22-14-19-9-10-20(15-22)33(19)21-12-17-5-1-2-6-18(11-17)13-21/h3-4,7-8,17-22H,1-2,5-6,9-16H2,(H2,30,35)(H,37,38)/b32-27-. The van der Waals surface area contributed by atoms with Crippen molar-refractivity contribution in [2.24, 2.45) is 22.7 Å². The predicted molar refractivity (Wildman–Crippen MR) is 145 cm³/mol. The van der Waals surface area contributed by atoms with Gasteiger partial charge in [0, 0.05) is 24.2 Å². The summed E-state index contributed by atoms with van der Waals surface area (Å²) in [6.45, 7) is -0.594. The molecule has 2 aliphatic carbocycles. The number of carboxylic acids is 1. The van der Waals surface area contributed by atoms with Crippen molar-refractivity contribution in [1.29, 1.82) is 0 Å². The van der Waals surface area contributed by atoms with E-state index in [4.69, 9.17) is 10.6 Å². The minimum atomic E-state index is -1.46. The number of nitrogens with two attached hydrogens (primary N) is 1. The van der Waals surface area contributed by atoms with Gasteiger partial charge < -0.3 is 20.2 Å². The van der Waals surface area contributed by atoms with Crippen molar-refractivity contribution in [3.63, 3.8) is 0 Å². The molecule has 4 aliphatic rings. The van der Waals surface area contributed by atoms with Crippen molar-refractivity contribution >= 4 is 28.6 Å². The molecular weight excluding hydrogens is 498 g/mol. The van der Waals surface area contributed by atoms with Gasteiger partial charge in [-0.25, -0.2) is 9.78 Å². The molecule has 10 nitrogen and oxygen atoms in total. The number of para-hydroxylation sites is 2. The van der Waals surface area contributed by atoms with Gasteiger partial charge in [-0.3, -0.25) is 14.5 Å². The Morgan fingerprint density at radius 2 is 1.62 bits per heavy atom. The summed E-state index contributed by atoms with van der Waals surface area (Å²) in [4.78, 5) is 49.1. The van der Waals surface area contributed by atoms with E-state index in [1.807, 2.05) is 18.2 Å². The number of aliphatic carboxylic acids is 1. The van der Waals surface area contributed by atoms with E-state index in [9.17, 15) is 19.5 Å². The molecule has 1 amide bonds. The van der Waals surface area contributed by atoms with Crippen LogP contribution < -0.4 is 11.3 Å². The number of nitrogens with zero attached hydrogens (tertiary/aromatic N) is 4. The minimum Gasteiger partial charge on any atom is -0.476 e. The largest absolute Gasteiger partial charge is 0.476 e. The van der Waals surface area contributed by atoms with Crippen molar-refractivity contribution in [2.75, 3.05) is 6.61 Å². The lowest BCUT2D eigenvalue weighted by atomic mass is 9.76. The zero-order chi connectivity index (χ0) is 27.1. The summed E-state index contributed by atoms with van der Waals surface area (Å²) < 4.78 is 1.74. The number of carbonyl (C=O) groups is 2. The molecule has 2 aliphatic heterocycles. The van der Waals surface area contributed by atoms with Crippen molar-refractivity contribution in [2.45, 2.75) is 94.8 Å². The van der Waals surface area contributed by atoms with Crippen molar-refractivity contribution in [3.8, 4) is 0 Å². The van der Waals surface area contributed by atoms with E-state index in [2.05, 4.69) is 15.0 Å². The fourth-order valence-electron chi connectivity index (χ4n) is 8.12. The first kappa shape index (κ1) is 26.0. The molecule has 2 aromatic rings. The fourth-order valence-corrected chi connectivity index (χ4v) is 8.12. The summed E-state index contributed by atoms with van der Waals surface area (Å²) in [7, 11) is 0. The summed E-state index contributed by atoms with van der Waals surface area (Å²) in [5.74, 6) is -0.548. The Balaban J connectivity index is 1.33. The van der Waals surface area contributed by atoms with Crippen molar-refractivity contribution < 1.29 is 19.5 Å². The first-order valence-electron chi connectivity index (χ1n) is 14.4. The number of carbonyl (C=O) groups excluding carboxylic acids is 1. The number of carboxylic acid groups (broad SMARTS) is 1. The second kappa shape index (κ2) is 10.7. The number of benzene rings is 1. The lowest BCUT2D eigenvalue weighted by Crippen LogP contribution is -2.52. The third kappa shape index (κ3) is 5.06. The fraction of sp³-hybridized carbons (Fsp3) is 0.621. The van der Waals surface area contributed by atoms with E-state index in [1.54, 1.807) is 10.6 Å². The lowest BCUT2D eigenvalue weighted by molar-refractivity contribution is -0.130. The van der Waals surface area contributed by atoms with E-state index in [0.29, 0.717) is 29.2 Å². The molecule has 3 heterocycles. The molecule has 2 saturated heterocycles. The molecule has 1 aromatic carbocycles. The normalized spacial score (nSPS) is 31.1. The average molecular weight is 536 g/mol. The molecule has 3 N–H and O–H groups in total. The van der Waals surface area contributed by atoms with Gasteiger partial charge >= 0.3 is 5.97 Å². The Morgan fingerprint density at radius 3 is 2.26 bits per heavy atom. The van der Waals surface area contributed by atoms with Gasteiger partial charge in [-0.15, -0.1) is 0 Å². The quantitative estimate of drug-likeness (QED) is 0.410. The molecular formula is C29H37N5O5. The van der Waals surface area contributed by atoms with Crippen LogP contribution >= 0.6 is 0 Å². The highest BCUT2D eigenvalue weighted by Crippen LogP contribution is 2.47. The molecule has 6 rings (SSSR count). The van der Waals surface area contributed by atoms with E-state index in [1.165, 1.54) is 44.9 Å². The molecule has 0 radical (unpaired) electrons. The Morgan fingerprint density at radius 1 is 0.949 bits per heavy atom. The number of rotatable bonds is 7. The number of hydrogen-bond acceptors (Lipinski definition) is 7. The highest BCUT2D eigenvalue weighted by molar-refractivity contribution is 6.41. The van der Waals surface area contributed by atoms with Crippen LogP contribution in [0.2, 0.25) is 0 Å². The molecule has 10 heteroatoms. The highest BCUT2D eigenvalue weighted by Gasteiger charge is 2.47. The van der Waals surface area contributed by atoms with Crippen LogP contribution in [0.3, 0.4) is 0 Å². The Kier molecular flexibility index (Phi) is 7.14. The van der Waals surface area contributed by atoms with Gasteiger partial charge in [0.15, 0.2) is 12.3 Å². The second-order valence-electron chi connectivity index (χ2n) is 11.9. The van der Waals surface area contributed by atoms with Crippen molar-refractivity contribution in [3.05, 3.63) is 40.3 Å². The zero-order valence-electron chi connectivity index (χ0n) is 22.2. The molecule has 1 aromatic heterocycles. The smallest absolute Gasteiger partial charge is 0.360 e. The number of fused-ring (bicyclic) bond motifs is 5. The van der Waals surface area contributed by atoms with Gasteiger partial charge in [0.05, 0.1) is 11.0 Å². The maximum absolute atomic E-state index is 13.9. The number of oxime groups is 1. The lowest BCUT2D eigenvalue weighted by Gasteiger charge is -2.48. The van der Waals surface area contributed by atoms with Gasteiger partial charge in [0.1, 0.15) is 0 Å². The molecule has 208 valence electrons. The summed E-state index contributed by atoms with van der Waals surface area (Å²) in [5.41, 5.74) is 4.86. The van der Waals surface area contributed by atoms with Crippen LogP contribution in [-0.4, -0.2) is 61.9 Å². The van der Waals surface area contributed by atoms with Gasteiger partial charge in [0.25, 0.3) is 11.5 Å². The molecule has 4 fully saturated rings. The topological polar surface area (TPSA) is 140 Å². The first-order valence-corrected chi connectivity index (χ1v) is 14.4. The van der Waals surface area contributed by atoms with Gasteiger partial charge in [0.2, 0.25) is 5.71 Å². The first-order chi connectivity index (χ1) is 18.9. The van der Waals surface area contributed by atoms with E-state index in [0.717, 1.165) is 37.5 Å². The molecule has 4 bridgehead atoms. The average Bonchev–Trinajstić information content (AvgIpc) is 3.06. The zero-order valence-corrected chi connectivity index (χ0v) is 22.2. The molecule has 2 saturated carbocycles. The maximum atomic E-state index is 13.9. The van der Waals surface area contributed by atoms with E-state index in [-0.39, 0.29) is 11.7 Å². The van der Waals surface area contributed by atoms with Crippen LogP contribution in [0.4, 0.5) is 0 Å². The number of aromatic nitrogens is 2. The molecule has 4 unspecified atom stereocenters. The molecule has 39 heavy (non-hydrogen) atoms.